The van der Waals surface area contributed by atoms with Gasteiger partial charge in [-0.15, -0.1) is 0 Å². The number of fused-ring (bicyclic) bond motifs is 2. The molecule has 3 saturated heterocycles. The van der Waals surface area contributed by atoms with Crippen molar-refractivity contribution in [3.8, 4) is 0 Å². The van der Waals surface area contributed by atoms with E-state index in [1.807, 2.05) is 0 Å². The Labute approximate surface area is 161 Å². The molecule has 3 rings (SSSR count). The van der Waals surface area contributed by atoms with E-state index in [1.165, 1.54) is 4.90 Å². The smallest absolute Gasteiger partial charge is 0.724 e. The number of rotatable bonds is 6. The van der Waals surface area contributed by atoms with Gasteiger partial charge in [-0.2, -0.15) is 9.35 Å². The fraction of sp³-hybridized carbons (Fsp3) is 0.818. The maximum Gasteiger partial charge on any atom is 1.00 e. The van der Waals surface area contributed by atoms with Crippen molar-refractivity contribution in [3.63, 3.8) is 0 Å². The Balaban J connectivity index is 0.00000208. The number of hydrogen-bond donors (Lipinski definition) is 2. The van der Waals surface area contributed by atoms with Crippen molar-refractivity contribution in [2.75, 3.05) is 19.7 Å². The SMILES string of the molecule is O=C(NOC[C@H]1CCN1)[C@@H]1CC[C@@H]2CN1C(=O)N2OS(=O)(=O)[O-].[Na+]. The first-order valence-electron chi connectivity index (χ1n) is 7.25. The zero-order valence-electron chi connectivity index (χ0n) is 13.1. The second-order valence-electron chi connectivity index (χ2n) is 5.71. The summed E-state index contributed by atoms with van der Waals surface area (Å²) in [6.45, 7) is 1.38. The Hall–Kier alpha value is -0.470. The Morgan fingerprint density at radius 3 is 2.67 bits per heavy atom. The normalized spacial score (nSPS) is 29.0. The van der Waals surface area contributed by atoms with Crippen LogP contribution in [0, 0.1) is 0 Å². The van der Waals surface area contributed by atoms with Crippen LogP contribution >= 0.6 is 0 Å². The molecule has 3 amide bonds. The van der Waals surface area contributed by atoms with Crippen molar-refractivity contribution >= 4 is 22.3 Å². The summed E-state index contributed by atoms with van der Waals surface area (Å²) < 4.78 is 36.2. The second kappa shape index (κ2) is 7.83. The zero-order chi connectivity index (χ0) is 16.6. The molecule has 3 atom stereocenters. The average Bonchev–Trinajstić information content (AvgIpc) is 2.65. The third kappa shape index (κ3) is 4.38. The molecule has 0 spiro atoms. The number of piperidine rings is 1. The Kier molecular flexibility index (Phi) is 6.47. The first-order valence-corrected chi connectivity index (χ1v) is 8.59. The molecule has 3 fully saturated rings. The molecular weight excluding hydrogens is 355 g/mol. The molecule has 13 heteroatoms. The third-order valence-corrected chi connectivity index (χ3v) is 4.52. The summed E-state index contributed by atoms with van der Waals surface area (Å²) in [4.78, 5) is 30.5. The number of nitrogens with zero attached hydrogens (tertiary/aromatic N) is 2. The molecule has 0 aromatic heterocycles. The average molecular weight is 372 g/mol. The molecule has 24 heavy (non-hydrogen) atoms. The van der Waals surface area contributed by atoms with Crippen LogP contribution in [0.3, 0.4) is 0 Å². The fourth-order valence-corrected chi connectivity index (χ4v) is 3.26. The van der Waals surface area contributed by atoms with E-state index in [9.17, 15) is 22.6 Å². The number of nitrogens with one attached hydrogen (secondary N) is 2. The van der Waals surface area contributed by atoms with Crippen molar-refractivity contribution in [2.24, 2.45) is 0 Å². The third-order valence-electron chi connectivity index (χ3n) is 4.18. The standard InChI is InChI=1S/C11H18N4O7S.Na/c16-10(13-21-6-7-3-4-12-7)9-2-1-8-5-14(9)11(17)15(8)22-23(18,19)20;/h7-9,12H,1-6H2,(H,13,16)(H,18,19,20);/q;+1/p-1/t7-,8-,9+;/m1./s1. The van der Waals surface area contributed by atoms with E-state index in [4.69, 9.17) is 4.84 Å². The van der Waals surface area contributed by atoms with Crippen molar-refractivity contribution in [1.82, 2.24) is 20.8 Å². The van der Waals surface area contributed by atoms with Crippen LogP contribution < -0.4 is 40.4 Å². The number of carbonyl (C=O) groups is 2. The summed E-state index contributed by atoms with van der Waals surface area (Å²) in [7, 11) is -5.04. The van der Waals surface area contributed by atoms with Crippen LogP contribution in [0.4, 0.5) is 4.79 Å². The molecule has 3 heterocycles. The first-order chi connectivity index (χ1) is 10.8. The molecule has 130 valence electrons. The van der Waals surface area contributed by atoms with E-state index in [2.05, 4.69) is 15.1 Å². The van der Waals surface area contributed by atoms with Gasteiger partial charge in [-0.3, -0.25) is 9.63 Å². The Morgan fingerprint density at radius 2 is 2.08 bits per heavy atom. The van der Waals surface area contributed by atoms with Gasteiger partial charge in [-0.05, 0) is 25.8 Å². The summed E-state index contributed by atoms with van der Waals surface area (Å²) in [6.07, 6.45) is 1.65. The topological polar surface area (TPSA) is 140 Å². The van der Waals surface area contributed by atoms with Gasteiger partial charge in [0.2, 0.25) is 10.4 Å². The van der Waals surface area contributed by atoms with E-state index < -0.39 is 34.4 Å². The van der Waals surface area contributed by atoms with Gasteiger partial charge in [0, 0.05) is 12.6 Å². The molecule has 0 aromatic rings. The van der Waals surface area contributed by atoms with E-state index >= 15 is 0 Å². The Bertz CT molecular complexity index is 599. The van der Waals surface area contributed by atoms with Gasteiger partial charge >= 0.3 is 35.6 Å². The molecule has 3 aliphatic rings. The minimum absolute atomic E-state index is 0. The number of hydrogen-bond acceptors (Lipinski definition) is 8. The van der Waals surface area contributed by atoms with Crippen molar-refractivity contribution < 1.29 is 61.2 Å². The largest absolute Gasteiger partial charge is 1.00 e. The van der Waals surface area contributed by atoms with Crippen LogP contribution in [0.25, 0.3) is 0 Å². The summed E-state index contributed by atoms with van der Waals surface area (Å²) in [5.41, 5.74) is 2.31. The van der Waals surface area contributed by atoms with Gasteiger partial charge in [-0.25, -0.2) is 18.7 Å². The quantitative estimate of drug-likeness (QED) is 0.205. The molecule has 0 radical (unpaired) electrons. The predicted octanol–water partition coefficient (Wildman–Crippen LogP) is -4.94. The van der Waals surface area contributed by atoms with Crippen LogP contribution in [0.2, 0.25) is 0 Å². The van der Waals surface area contributed by atoms with E-state index in [1.54, 1.807) is 0 Å². The summed E-state index contributed by atoms with van der Waals surface area (Å²) >= 11 is 0. The van der Waals surface area contributed by atoms with Crippen LogP contribution in [-0.4, -0.2) is 72.7 Å². The van der Waals surface area contributed by atoms with Crippen molar-refractivity contribution in [2.45, 2.75) is 37.4 Å². The van der Waals surface area contributed by atoms with Crippen LogP contribution in [-0.2, 0) is 24.3 Å². The first kappa shape index (κ1) is 19.8. The molecule has 11 nitrogen and oxygen atoms in total. The monoisotopic (exact) mass is 372 g/mol. The van der Waals surface area contributed by atoms with Crippen molar-refractivity contribution in [3.05, 3.63) is 0 Å². The van der Waals surface area contributed by atoms with Gasteiger partial charge in [0.15, 0.2) is 0 Å². The van der Waals surface area contributed by atoms with Crippen LogP contribution in [0.15, 0.2) is 0 Å². The van der Waals surface area contributed by atoms with Crippen LogP contribution in [0.1, 0.15) is 19.3 Å². The summed E-state index contributed by atoms with van der Waals surface area (Å²) in [5.74, 6) is -0.483. The molecule has 2 bridgehead atoms. The van der Waals surface area contributed by atoms with Crippen molar-refractivity contribution in [1.29, 1.82) is 0 Å². The molecule has 3 aliphatic heterocycles. The zero-order valence-corrected chi connectivity index (χ0v) is 16.0. The molecular formula is C11H17N4NaO7S. The van der Waals surface area contributed by atoms with Gasteiger partial charge in [0.25, 0.3) is 5.91 Å². The van der Waals surface area contributed by atoms with Gasteiger partial charge < -0.3 is 14.8 Å². The summed E-state index contributed by atoms with van der Waals surface area (Å²) in [6, 6.07) is -1.94. The molecule has 0 aliphatic carbocycles. The molecule has 0 saturated carbocycles. The fourth-order valence-electron chi connectivity index (χ4n) is 2.87. The molecule has 0 unspecified atom stereocenters. The van der Waals surface area contributed by atoms with E-state index in [0.717, 1.165) is 13.0 Å². The second-order valence-corrected chi connectivity index (χ2v) is 6.67. The maximum atomic E-state index is 12.1. The number of carbonyl (C=O) groups excluding carboxylic acids is 2. The number of hydroxylamine groups is 3. The van der Waals surface area contributed by atoms with Gasteiger partial charge in [0.1, 0.15) is 6.04 Å². The minimum atomic E-state index is -5.04. The molecule has 0 aromatic carbocycles. The van der Waals surface area contributed by atoms with E-state index in [-0.39, 0.29) is 42.1 Å². The van der Waals surface area contributed by atoms with E-state index in [0.29, 0.717) is 24.5 Å². The summed E-state index contributed by atoms with van der Waals surface area (Å²) in [5, 5.41) is 3.65. The number of urea groups is 1. The minimum Gasteiger partial charge on any atom is -0.724 e. The molecule has 2 N–H and O–H groups in total. The number of amides is 3. The maximum absolute atomic E-state index is 12.1. The predicted molar refractivity (Wildman–Crippen MR) is 72.0 cm³/mol. The Morgan fingerprint density at radius 1 is 1.38 bits per heavy atom. The van der Waals surface area contributed by atoms with Crippen LogP contribution in [0.5, 0.6) is 0 Å². The van der Waals surface area contributed by atoms with Gasteiger partial charge in [-0.1, -0.05) is 0 Å². The van der Waals surface area contributed by atoms with Gasteiger partial charge in [0.05, 0.1) is 12.6 Å².